The molecule has 1 aliphatic carbocycles. The Hall–Kier alpha value is -2.62. The van der Waals surface area contributed by atoms with Crippen LogP contribution in [-0.4, -0.2) is 24.2 Å². The van der Waals surface area contributed by atoms with E-state index in [0.717, 1.165) is 22.3 Å². The van der Waals surface area contributed by atoms with E-state index in [-0.39, 0.29) is 13.0 Å². The van der Waals surface area contributed by atoms with E-state index in [1.807, 2.05) is 48.5 Å². The Labute approximate surface area is 122 Å². The van der Waals surface area contributed by atoms with E-state index in [0.29, 0.717) is 6.47 Å². The first-order chi connectivity index (χ1) is 10.2. The summed E-state index contributed by atoms with van der Waals surface area (Å²) >= 11 is 0. The molecule has 0 unspecified atom stereocenters. The first-order valence-corrected chi connectivity index (χ1v) is 6.65. The molecule has 1 aliphatic rings. The van der Waals surface area contributed by atoms with E-state index >= 15 is 0 Å². The highest BCUT2D eigenvalue weighted by atomic mass is 16.5. The standard InChI is InChI=1S/C17H14O4/c18-11-21-10-17(9-16(19)20)14-7-3-1-5-12(14)13-6-2-4-8-15(13)17/h1-8,11H,9-10H2,(H,19,20). The van der Waals surface area contributed by atoms with Crippen molar-refractivity contribution in [2.75, 3.05) is 6.61 Å². The third-order valence-electron chi connectivity index (χ3n) is 4.03. The van der Waals surface area contributed by atoms with Crippen LogP contribution in [-0.2, 0) is 19.7 Å². The van der Waals surface area contributed by atoms with Gasteiger partial charge in [0.15, 0.2) is 0 Å². The van der Waals surface area contributed by atoms with Gasteiger partial charge in [0.1, 0.15) is 6.61 Å². The van der Waals surface area contributed by atoms with Crippen LogP contribution in [0, 0.1) is 0 Å². The molecule has 4 heteroatoms. The van der Waals surface area contributed by atoms with E-state index in [1.165, 1.54) is 0 Å². The third-order valence-corrected chi connectivity index (χ3v) is 4.03. The zero-order valence-corrected chi connectivity index (χ0v) is 11.3. The zero-order chi connectivity index (χ0) is 14.9. The molecule has 0 saturated carbocycles. The molecular formula is C17H14O4. The summed E-state index contributed by atoms with van der Waals surface area (Å²) in [5.74, 6) is -0.920. The van der Waals surface area contributed by atoms with Crippen molar-refractivity contribution in [1.29, 1.82) is 0 Å². The maximum Gasteiger partial charge on any atom is 0.304 e. The first kappa shape index (κ1) is 13.4. The monoisotopic (exact) mass is 282 g/mol. The smallest absolute Gasteiger partial charge is 0.304 e. The summed E-state index contributed by atoms with van der Waals surface area (Å²) in [6.07, 6.45) is -0.116. The Balaban J connectivity index is 2.26. The molecule has 0 saturated heterocycles. The predicted molar refractivity (Wildman–Crippen MR) is 76.9 cm³/mol. The van der Waals surface area contributed by atoms with Crippen LogP contribution < -0.4 is 0 Å². The van der Waals surface area contributed by atoms with Gasteiger partial charge in [-0.1, -0.05) is 48.5 Å². The highest BCUT2D eigenvalue weighted by molar-refractivity contribution is 5.84. The van der Waals surface area contributed by atoms with Crippen LogP contribution in [0.15, 0.2) is 48.5 Å². The molecule has 0 aromatic heterocycles. The Morgan fingerprint density at radius 1 is 1.05 bits per heavy atom. The first-order valence-electron chi connectivity index (χ1n) is 6.65. The number of hydrogen-bond donors (Lipinski definition) is 1. The Bertz CT molecular complexity index is 660. The van der Waals surface area contributed by atoms with Crippen molar-refractivity contribution < 1.29 is 19.4 Å². The molecule has 0 radical (unpaired) electrons. The van der Waals surface area contributed by atoms with Crippen LogP contribution in [0.1, 0.15) is 17.5 Å². The maximum absolute atomic E-state index is 11.4. The Morgan fingerprint density at radius 3 is 2.05 bits per heavy atom. The SMILES string of the molecule is O=COCC1(CC(=O)O)c2ccccc2-c2ccccc21. The average molecular weight is 282 g/mol. The number of carboxylic acids is 1. The number of aliphatic carboxylic acids is 1. The molecule has 3 rings (SSSR count). The third kappa shape index (κ3) is 2.00. The molecule has 0 aliphatic heterocycles. The summed E-state index contributed by atoms with van der Waals surface area (Å²) in [5.41, 5.74) is 2.98. The van der Waals surface area contributed by atoms with Gasteiger partial charge in [-0.05, 0) is 22.3 Å². The van der Waals surface area contributed by atoms with Gasteiger partial charge in [-0.3, -0.25) is 9.59 Å². The molecule has 1 N–H and O–H groups in total. The van der Waals surface area contributed by atoms with E-state index in [2.05, 4.69) is 0 Å². The molecule has 106 valence electrons. The summed E-state index contributed by atoms with van der Waals surface area (Å²) < 4.78 is 4.99. The number of benzene rings is 2. The van der Waals surface area contributed by atoms with Crippen molar-refractivity contribution in [3.05, 3.63) is 59.7 Å². The summed E-state index contributed by atoms with van der Waals surface area (Å²) in [6, 6.07) is 15.4. The second-order valence-corrected chi connectivity index (χ2v) is 5.15. The van der Waals surface area contributed by atoms with E-state index < -0.39 is 11.4 Å². The van der Waals surface area contributed by atoms with Gasteiger partial charge in [0.05, 0.1) is 11.8 Å². The molecule has 21 heavy (non-hydrogen) atoms. The quantitative estimate of drug-likeness (QED) is 0.856. The highest BCUT2D eigenvalue weighted by Gasteiger charge is 2.45. The van der Waals surface area contributed by atoms with Crippen LogP contribution in [0.2, 0.25) is 0 Å². The fourth-order valence-corrected chi connectivity index (χ4v) is 3.25. The van der Waals surface area contributed by atoms with Crippen LogP contribution in [0.5, 0.6) is 0 Å². The number of hydrogen-bond acceptors (Lipinski definition) is 3. The molecular weight excluding hydrogens is 268 g/mol. The van der Waals surface area contributed by atoms with Crippen LogP contribution in [0.25, 0.3) is 11.1 Å². The minimum Gasteiger partial charge on any atom is -0.481 e. The van der Waals surface area contributed by atoms with E-state index in [9.17, 15) is 14.7 Å². The van der Waals surface area contributed by atoms with Crippen molar-refractivity contribution in [2.24, 2.45) is 0 Å². The topological polar surface area (TPSA) is 63.6 Å². The van der Waals surface area contributed by atoms with Gasteiger partial charge in [0.2, 0.25) is 0 Å². The minimum absolute atomic E-state index is 0.0246. The van der Waals surface area contributed by atoms with Gasteiger partial charge in [0, 0.05) is 0 Å². The fraction of sp³-hybridized carbons (Fsp3) is 0.176. The molecule has 0 atom stereocenters. The molecule has 0 heterocycles. The van der Waals surface area contributed by atoms with Crippen molar-refractivity contribution in [2.45, 2.75) is 11.8 Å². The molecule has 2 aromatic carbocycles. The van der Waals surface area contributed by atoms with Crippen LogP contribution >= 0.6 is 0 Å². The van der Waals surface area contributed by atoms with Crippen molar-refractivity contribution in [3.63, 3.8) is 0 Å². The van der Waals surface area contributed by atoms with Crippen molar-refractivity contribution >= 4 is 12.4 Å². The van der Waals surface area contributed by atoms with E-state index in [1.54, 1.807) is 0 Å². The van der Waals surface area contributed by atoms with Crippen LogP contribution in [0.3, 0.4) is 0 Å². The number of ether oxygens (including phenoxy) is 1. The largest absolute Gasteiger partial charge is 0.481 e. The molecule has 0 fully saturated rings. The lowest BCUT2D eigenvalue weighted by Crippen LogP contribution is -2.34. The normalized spacial score (nSPS) is 14.1. The number of carbonyl (C=O) groups is 2. The molecule has 0 spiro atoms. The van der Waals surface area contributed by atoms with E-state index in [4.69, 9.17) is 4.74 Å². The lowest BCUT2D eigenvalue weighted by Gasteiger charge is -2.29. The molecule has 4 nitrogen and oxygen atoms in total. The lowest BCUT2D eigenvalue weighted by atomic mass is 9.76. The second-order valence-electron chi connectivity index (χ2n) is 5.15. The molecule has 0 bridgehead atoms. The summed E-state index contributed by atoms with van der Waals surface area (Å²) in [5, 5.41) is 9.35. The summed E-state index contributed by atoms with van der Waals surface area (Å²) in [6.45, 7) is 0.393. The summed E-state index contributed by atoms with van der Waals surface area (Å²) in [4.78, 5) is 22.0. The number of carboxylic acid groups (broad SMARTS) is 1. The minimum atomic E-state index is -0.920. The summed E-state index contributed by atoms with van der Waals surface area (Å²) in [7, 11) is 0. The van der Waals surface area contributed by atoms with Gasteiger partial charge in [-0.15, -0.1) is 0 Å². The average Bonchev–Trinajstić information content (AvgIpc) is 2.77. The highest BCUT2D eigenvalue weighted by Crippen LogP contribution is 2.50. The predicted octanol–water partition coefficient (Wildman–Crippen LogP) is 2.60. The van der Waals surface area contributed by atoms with Gasteiger partial charge < -0.3 is 9.84 Å². The fourth-order valence-electron chi connectivity index (χ4n) is 3.25. The van der Waals surface area contributed by atoms with Crippen molar-refractivity contribution in [1.82, 2.24) is 0 Å². The maximum atomic E-state index is 11.4. The molecule has 0 amide bonds. The Kier molecular flexibility index (Phi) is 3.22. The zero-order valence-electron chi connectivity index (χ0n) is 11.3. The number of rotatable bonds is 5. The number of carbonyl (C=O) groups excluding carboxylic acids is 1. The lowest BCUT2D eigenvalue weighted by molar-refractivity contribution is -0.140. The van der Waals surface area contributed by atoms with Crippen molar-refractivity contribution in [3.8, 4) is 11.1 Å². The molecule has 2 aromatic rings. The number of fused-ring (bicyclic) bond motifs is 3. The Morgan fingerprint density at radius 2 is 1.57 bits per heavy atom. The second kappa shape index (κ2) is 5.05. The van der Waals surface area contributed by atoms with Gasteiger partial charge in [-0.2, -0.15) is 0 Å². The van der Waals surface area contributed by atoms with Gasteiger partial charge in [-0.25, -0.2) is 0 Å². The van der Waals surface area contributed by atoms with Gasteiger partial charge in [0.25, 0.3) is 6.47 Å². The van der Waals surface area contributed by atoms with Crippen LogP contribution in [0.4, 0.5) is 0 Å². The van der Waals surface area contributed by atoms with Gasteiger partial charge >= 0.3 is 5.97 Å².